The Kier molecular flexibility index (Phi) is 4.40. The maximum Gasteiger partial charge on any atom is 0.416 e. The third-order valence-corrected chi connectivity index (χ3v) is 6.60. The van der Waals surface area contributed by atoms with Gasteiger partial charge in [0.15, 0.2) is 9.84 Å². The molecule has 1 aromatic carbocycles. The van der Waals surface area contributed by atoms with Crippen molar-refractivity contribution in [3.8, 4) is 0 Å². The van der Waals surface area contributed by atoms with Crippen LogP contribution in [0.25, 0.3) is 0 Å². The van der Waals surface area contributed by atoms with Gasteiger partial charge in [0.1, 0.15) is 9.46 Å². The van der Waals surface area contributed by atoms with Gasteiger partial charge in [-0.25, -0.2) is 8.42 Å². The first-order chi connectivity index (χ1) is 9.76. The molecule has 0 aliphatic rings. The lowest BCUT2D eigenvalue weighted by molar-refractivity contribution is -0.367. The second-order valence-corrected chi connectivity index (χ2v) is 7.68. The fourth-order valence-corrected chi connectivity index (χ4v) is 4.85. The Hall–Kier alpha value is -1.38. The molecule has 3 nitrogen and oxygen atoms in total. The zero-order valence-corrected chi connectivity index (χ0v) is 12.4. The molecule has 0 aliphatic carbocycles. The molecule has 0 unspecified atom stereocenters. The number of halogens is 3. The van der Waals surface area contributed by atoms with Gasteiger partial charge in [-0.05, 0) is 23.1 Å². The van der Waals surface area contributed by atoms with Crippen LogP contribution in [0.1, 0.15) is 16.4 Å². The zero-order valence-electron chi connectivity index (χ0n) is 10.8. The van der Waals surface area contributed by atoms with E-state index in [-0.39, 0.29) is 16.3 Å². The predicted octanol–water partition coefficient (Wildman–Crippen LogP) is 2.52. The summed E-state index contributed by atoms with van der Waals surface area (Å²) < 4.78 is 63.3. The van der Waals surface area contributed by atoms with E-state index < -0.39 is 26.8 Å². The minimum atomic E-state index is -4.51. The van der Waals surface area contributed by atoms with Gasteiger partial charge < -0.3 is 5.73 Å². The summed E-state index contributed by atoms with van der Waals surface area (Å²) in [6.45, 7) is -0.0401. The van der Waals surface area contributed by atoms with E-state index in [4.69, 9.17) is 0 Å². The Morgan fingerprint density at radius 2 is 1.90 bits per heavy atom. The topological polar surface area (TPSA) is 61.8 Å². The minimum absolute atomic E-state index is 0.0401. The molecular formula is C13H13F3NO2S2+. The first-order valence-electron chi connectivity index (χ1n) is 6.00. The summed E-state index contributed by atoms with van der Waals surface area (Å²) in [6.07, 6.45) is -4.51. The Morgan fingerprint density at radius 3 is 2.43 bits per heavy atom. The van der Waals surface area contributed by atoms with Gasteiger partial charge in [-0.1, -0.05) is 24.3 Å². The van der Waals surface area contributed by atoms with Gasteiger partial charge >= 0.3 is 6.18 Å². The number of sulfone groups is 1. The van der Waals surface area contributed by atoms with Gasteiger partial charge in [0.25, 0.3) is 0 Å². The van der Waals surface area contributed by atoms with E-state index >= 15 is 0 Å². The smallest absolute Gasteiger partial charge is 0.356 e. The first-order valence-corrected chi connectivity index (χ1v) is 8.43. The van der Waals surface area contributed by atoms with Crippen LogP contribution in [0.2, 0.25) is 0 Å². The molecule has 21 heavy (non-hydrogen) atoms. The lowest BCUT2D eigenvalue weighted by Gasteiger charge is -2.15. The summed E-state index contributed by atoms with van der Waals surface area (Å²) in [5, 5.41) is 0.526. The van der Waals surface area contributed by atoms with E-state index in [1.165, 1.54) is 18.2 Å². The Morgan fingerprint density at radius 1 is 1.19 bits per heavy atom. The third-order valence-electron chi connectivity index (χ3n) is 3.00. The van der Waals surface area contributed by atoms with E-state index in [1.807, 2.05) is 0 Å². The first kappa shape index (κ1) is 16.0. The fraction of sp³-hybridized carbons (Fsp3) is 0.231. The lowest BCUT2D eigenvalue weighted by Crippen LogP contribution is -2.54. The molecule has 0 aliphatic heterocycles. The fourth-order valence-electron chi connectivity index (χ4n) is 1.98. The molecular weight excluding hydrogens is 323 g/mol. The molecule has 0 fully saturated rings. The van der Waals surface area contributed by atoms with E-state index in [2.05, 4.69) is 5.73 Å². The van der Waals surface area contributed by atoms with Crippen LogP contribution in [0.5, 0.6) is 0 Å². The second-order valence-electron chi connectivity index (χ2n) is 4.38. The molecule has 1 aromatic heterocycles. The SMILES string of the molecule is [NH3+]C[C@H](c1cccc(C(F)(F)F)c1)S(=O)(=O)c1cccs1. The van der Waals surface area contributed by atoms with Crippen LogP contribution in [0.3, 0.4) is 0 Å². The summed E-state index contributed by atoms with van der Waals surface area (Å²) in [5.74, 6) is 0. The van der Waals surface area contributed by atoms with Crippen LogP contribution in [0.15, 0.2) is 46.0 Å². The molecule has 0 bridgehead atoms. The van der Waals surface area contributed by atoms with Crippen molar-refractivity contribution in [3.63, 3.8) is 0 Å². The molecule has 2 aromatic rings. The molecule has 0 spiro atoms. The van der Waals surface area contributed by atoms with Gasteiger partial charge in [0.05, 0.1) is 12.1 Å². The average Bonchev–Trinajstić information content (AvgIpc) is 2.93. The average molecular weight is 336 g/mol. The maximum atomic E-state index is 12.7. The molecule has 0 amide bonds. The summed E-state index contributed by atoms with van der Waals surface area (Å²) in [6, 6.07) is 7.42. The Labute approximate surface area is 124 Å². The van der Waals surface area contributed by atoms with E-state index in [9.17, 15) is 21.6 Å². The normalized spacial score (nSPS) is 14.1. The summed E-state index contributed by atoms with van der Waals surface area (Å²) in [4.78, 5) is 0. The van der Waals surface area contributed by atoms with Gasteiger partial charge in [-0.15, -0.1) is 11.3 Å². The number of hydrogen-bond acceptors (Lipinski definition) is 3. The molecule has 2 rings (SSSR count). The molecule has 8 heteroatoms. The van der Waals surface area contributed by atoms with Crippen molar-refractivity contribution in [2.24, 2.45) is 0 Å². The van der Waals surface area contributed by atoms with Crippen LogP contribution in [-0.2, 0) is 16.0 Å². The van der Waals surface area contributed by atoms with Gasteiger partial charge in [0.2, 0.25) is 0 Å². The zero-order chi connectivity index (χ0) is 15.7. The number of hydrogen-bond donors (Lipinski definition) is 1. The van der Waals surface area contributed by atoms with Crippen molar-refractivity contribution in [1.29, 1.82) is 0 Å². The summed E-state index contributed by atoms with van der Waals surface area (Å²) >= 11 is 1.04. The quantitative estimate of drug-likeness (QED) is 0.932. The monoisotopic (exact) mass is 336 g/mol. The molecule has 1 heterocycles. The van der Waals surface area contributed by atoms with Crippen LogP contribution in [-0.4, -0.2) is 15.0 Å². The number of thiophene rings is 1. The van der Waals surface area contributed by atoms with E-state index in [0.717, 1.165) is 23.5 Å². The standard InChI is InChI=1S/C13H12F3NO2S2/c14-13(15,16)10-4-1-3-9(7-10)11(8-17)21(18,19)12-5-2-6-20-12/h1-7,11H,8,17H2/p+1/t11-/m1/s1. The van der Waals surface area contributed by atoms with Crippen LogP contribution in [0.4, 0.5) is 13.2 Å². The largest absolute Gasteiger partial charge is 0.416 e. The highest BCUT2D eigenvalue weighted by Gasteiger charge is 2.34. The number of benzene rings is 1. The molecule has 3 N–H and O–H groups in total. The minimum Gasteiger partial charge on any atom is -0.356 e. The Bertz CT molecular complexity index is 709. The summed E-state index contributed by atoms with van der Waals surface area (Å²) in [7, 11) is -3.73. The van der Waals surface area contributed by atoms with Crippen LogP contribution in [0, 0.1) is 0 Å². The van der Waals surface area contributed by atoms with E-state index in [1.54, 1.807) is 11.4 Å². The molecule has 1 atom stereocenters. The van der Waals surface area contributed by atoms with Crippen LogP contribution >= 0.6 is 11.3 Å². The highest BCUT2D eigenvalue weighted by Crippen LogP contribution is 2.34. The molecule has 0 saturated heterocycles. The third kappa shape index (κ3) is 3.28. The lowest BCUT2D eigenvalue weighted by atomic mass is 10.1. The second kappa shape index (κ2) is 5.78. The van der Waals surface area contributed by atoms with Crippen molar-refractivity contribution < 1.29 is 27.3 Å². The highest BCUT2D eigenvalue weighted by atomic mass is 32.2. The van der Waals surface area contributed by atoms with Gasteiger partial charge in [-0.2, -0.15) is 13.2 Å². The molecule has 114 valence electrons. The van der Waals surface area contributed by atoms with Crippen molar-refractivity contribution in [3.05, 3.63) is 52.9 Å². The number of rotatable bonds is 4. The van der Waals surface area contributed by atoms with Crippen molar-refractivity contribution in [2.45, 2.75) is 15.6 Å². The number of quaternary nitrogens is 1. The summed E-state index contributed by atoms with van der Waals surface area (Å²) in [5.41, 5.74) is 2.82. The molecule has 0 radical (unpaired) electrons. The highest BCUT2D eigenvalue weighted by molar-refractivity contribution is 7.93. The van der Waals surface area contributed by atoms with Crippen LogP contribution < -0.4 is 5.73 Å². The van der Waals surface area contributed by atoms with Crippen molar-refractivity contribution in [2.75, 3.05) is 6.54 Å². The Balaban J connectivity index is 2.48. The van der Waals surface area contributed by atoms with Gasteiger partial charge in [0, 0.05) is 0 Å². The number of alkyl halides is 3. The molecule has 0 saturated carbocycles. The van der Waals surface area contributed by atoms with Gasteiger partial charge in [-0.3, -0.25) is 0 Å². The van der Waals surface area contributed by atoms with Crippen molar-refractivity contribution >= 4 is 21.2 Å². The predicted molar refractivity (Wildman–Crippen MR) is 73.4 cm³/mol. The van der Waals surface area contributed by atoms with E-state index in [0.29, 0.717) is 0 Å². The maximum absolute atomic E-state index is 12.7. The van der Waals surface area contributed by atoms with Crippen molar-refractivity contribution in [1.82, 2.24) is 0 Å².